The lowest BCUT2D eigenvalue weighted by Gasteiger charge is -2.34. The van der Waals surface area contributed by atoms with Gasteiger partial charge in [-0.2, -0.15) is 0 Å². The highest BCUT2D eigenvalue weighted by Gasteiger charge is 2.25. The minimum atomic E-state index is -0.731. The third kappa shape index (κ3) is 3.96. The van der Waals surface area contributed by atoms with E-state index in [0.717, 1.165) is 12.7 Å². The SMILES string of the molecule is CC(CN1CCOC(CO)C1)C(O)c1ccc(F)cn1. The Bertz CT molecular complexity index is 415. The van der Waals surface area contributed by atoms with E-state index in [1.807, 2.05) is 6.92 Å². The number of morpholine rings is 1. The Morgan fingerprint density at radius 2 is 2.35 bits per heavy atom. The molecule has 1 aliphatic rings. The summed E-state index contributed by atoms with van der Waals surface area (Å²) in [4.78, 5) is 6.07. The molecule has 0 amide bonds. The molecule has 0 aromatic carbocycles. The Labute approximate surface area is 118 Å². The number of ether oxygens (including phenoxy) is 1. The van der Waals surface area contributed by atoms with Crippen molar-refractivity contribution in [3.63, 3.8) is 0 Å². The van der Waals surface area contributed by atoms with Gasteiger partial charge < -0.3 is 14.9 Å². The number of hydrogen-bond acceptors (Lipinski definition) is 5. The summed E-state index contributed by atoms with van der Waals surface area (Å²) in [6.45, 7) is 4.64. The normalized spacial score (nSPS) is 23.5. The van der Waals surface area contributed by atoms with Crippen molar-refractivity contribution in [3.05, 3.63) is 29.8 Å². The van der Waals surface area contributed by atoms with Gasteiger partial charge in [0.1, 0.15) is 5.82 Å². The molecule has 0 radical (unpaired) electrons. The summed E-state index contributed by atoms with van der Waals surface area (Å²) in [7, 11) is 0. The van der Waals surface area contributed by atoms with Crippen molar-refractivity contribution in [2.24, 2.45) is 5.92 Å². The Morgan fingerprint density at radius 1 is 1.55 bits per heavy atom. The fourth-order valence-corrected chi connectivity index (χ4v) is 2.42. The van der Waals surface area contributed by atoms with Crippen molar-refractivity contribution < 1.29 is 19.3 Å². The number of hydrogen-bond donors (Lipinski definition) is 2. The molecule has 1 fully saturated rings. The third-order valence-corrected chi connectivity index (χ3v) is 3.57. The number of pyridine rings is 1. The minimum Gasteiger partial charge on any atom is -0.394 e. The zero-order chi connectivity index (χ0) is 14.5. The van der Waals surface area contributed by atoms with Crippen LogP contribution in [0, 0.1) is 11.7 Å². The van der Waals surface area contributed by atoms with Crippen molar-refractivity contribution in [2.75, 3.05) is 32.8 Å². The van der Waals surface area contributed by atoms with Crippen LogP contribution in [0.5, 0.6) is 0 Å². The number of aromatic nitrogens is 1. The van der Waals surface area contributed by atoms with Crippen LogP contribution in [0.3, 0.4) is 0 Å². The number of aliphatic hydroxyl groups excluding tert-OH is 2. The van der Waals surface area contributed by atoms with Gasteiger partial charge in [-0.3, -0.25) is 9.88 Å². The van der Waals surface area contributed by atoms with Crippen LogP contribution in [0.1, 0.15) is 18.7 Å². The van der Waals surface area contributed by atoms with E-state index in [1.54, 1.807) is 0 Å². The van der Waals surface area contributed by atoms with Crippen LogP contribution in [0.25, 0.3) is 0 Å². The Kier molecular flexibility index (Phi) is 5.42. The van der Waals surface area contributed by atoms with Gasteiger partial charge in [0.05, 0.1) is 37.3 Å². The van der Waals surface area contributed by atoms with E-state index < -0.39 is 11.9 Å². The van der Waals surface area contributed by atoms with Gasteiger partial charge >= 0.3 is 0 Å². The van der Waals surface area contributed by atoms with Crippen molar-refractivity contribution in [1.82, 2.24) is 9.88 Å². The van der Waals surface area contributed by atoms with Gasteiger partial charge in [-0.15, -0.1) is 0 Å². The Morgan fingerprint density at radius 3 is 3.00 bits per heavy atom. The topological polar surface area (TPSA) is 65.8 Å². The van der Waals surface area contributed by atoms with Crippen LogP contribution in [0.2, 0.25) is 0 Å². The summed E-state index contributed by atoms with van der Waals surface area (Å²) in [6.07, 6.45) is 0.227. The molecule has 3 unspecified atom stereocenters. The summed E-state index contributed by atoms with van der Waals surface area (Å²) < 4.78 is 18.2. The van der Waals surface area contributed by atoms with E-state index in [-0.39, 0.29) is 18.6 Å². The van der Waals surface area contributed by atoms with Gasteiger partial charge in [0.15, 0.2) is 0 Å². The molecule has 2 N–H and O–H groups in total. The van der Waals surface area contributed by atoms with E-state index in [9.17, 15) is 9.50 Å². The zero-order valence-electron chi connectivity index (χ0n) is 11.6. The highest BCUT2D eigenvalue weighted by Crippen LogP contribution is 2.21. The first-order valence-electron chi connectivity index (χ1n) is 6.84. The van der Waals surface area contributed by atoms with Crippen molar-refractivity contribution in [1.29, 1.82) is 0 Å². The number of halogens is 1. The van der Waals surface area contributed by atoms with Gasteiger partial charge in [0.2, 0.25) is 0 Å². The molecule has 6 heteroatoms. The van der Waals surface area contributed by atoms with Gasteiger partial charge in [-0.05, 0) is 12.1 Å². The average molecular weight is 284 g/mol. The average Bonchev–Trinajstić information content (AvgIpc) is 2.47. The molecule has 0 bridgehead atoms. The van der Waals surface area contributed by atoms with Crippen molar-refractivity contribution in [2.45, 2.75) is 19.1 Å². The molecular weight excluding hydrogens is 263 g/mol. The van der Waals surface area contributed by atoms with E-state index in [2.05, 4.69) is 9.88 Å². The predicted molar refractivity (Wildman–Crippen MR) is 71.6 cm³/mol. The first kappa shape index (κ1) is 15.3. The molecule has 1 saturated heterocycles. The second kappa shape index (κ2) is 7.08. The first-order chi connectivity index (χ1) is 9.60. The molecule has 0 spiro atoms. The van der Waals surface area contributed by atoms with Gasteiger partial charge in [-0.1, -0.05) is 6.92 Å². The van der Waals surface area contributed by atoms with E-state index in [4.69, 9.17) is 9.84 Å². The van der Waals surface area contributed by atoms with Gasteiger partial charge in [0, 0.05) is 25.6 Å². The quantitative estimate of drug-likeness (QED) is 0.828. The van der Waals surface area contributed by atoms with Crippen molar-refractivity contribution in [3.8, 4) is 0 Å². The smallest absolute Gasteiger partial charge is 0.141 e. The molecule has 5 nitrogen and oxygen atoms in total. The number of aliphatic hydroxyl groups is 2. The predicted octanol–water partition coefficient (Wildman–Crippen LogP) is 0.583. The van der Waals surface area contributed by atoms with E-state index in [0.29, 0.717) is 25.4 Å². The molecule has 2 rings (SSSR count). The van der Waals surface area contributed by atoms with Gasteiger partial charge in [-0.25, -0.2) is 4.39 Å². The van der Waals surface area contributed by atoms with Crippen LogP contribution in [-0.4, -0.2) is 59.0 Å². The van der Waals surface area contributed by atoms with Crippen LogP contribution >= 0.6 is 0 Å². The van der Waals surface area contributed by atoms with Gasteiger partial charge in [0.25, 0.3) is 0 Å². The molecule has 1 aromatic heterocycles. The monoisotopic (exact) mass is 284 g/mol. The highest BCUT2D eigenvalue weighted by atomic mass is 19.1. The summed E-state index contributed by atoms with van der Waals surface area (Å²) in [5.74, 6) is -0.446. The molecule has 0 aliphatic carbocycles. The number of nitrogens with zero attached hydrogens (tertiary/aromatic N) is 2. The molecule has 2 heterocycles. The standard InChI is InChI=1S/C14H21FN2O3/c1-10(7-17-4-5-20-12(8-17)9-18)14(19)13-3-2-11(15)6-16-13/h2-3,6,10,12,14,18-19H,4-5,7-9H2,1H3. The lowest BCUT2D eigenvalue weighted by molar-refractivity contribution is -0.0606. The molecule has 20 heavy (non-hydrogen) atoms. The third-order valence-electron chi connectivity index (χ3n) is 3.57. The highest BCUT2D eigenvalue weighted by molar-refractivity contribution is 5.08. The lowest BCUT2D eigenvalue weighted by Crippen LogP contribution is -2.46. The summed E-state index contributed by atoms with van der Waals surface area (Å²) >= 11 is 0. The second-order valence-electron chi connectivity index (χ2n) is 5.26. The Hall–Kier alpha value is -1.08. The van der Waals surface area contributed by atoms with Crippen molar-refractivity contribution >= 4 is 0 Å². The van der Waals surface area contributed by atoms with Crippen LogP contribution in [0.4, 0.5) is 4.39 Å². The van der Waals surface area contributed by atoms with E-state index >= 15 is 0 Å². The number of rotatable bonds is 5. The second-order valence-corrected chi connectivity index (χ2v) is 5.26. The molecule has 1 aliphatic heterocycles. The van der Waals surface area contributed by atoms with Crippen LogP contribution < -0.4 is 0 Å². The lowest BCUT2D eigenvalue weighted by atomic mass is 10.0. The molecule has 1 aromatic rings. The largest absolute Gasteiger partial charge is 0.394 e. The zero-order valence-corrected chi connectivity index (χ0v) is 11.6. The molecule has 0 saturated carbocycles. The molecule has 112 valence electrons. The van der Waals surface area contributed by atoms with Crippen LogP contribution in [0.15, 0.2) is 18.3 Å². The molecular formula is C14H21FN2O3. The summed E-state index contributed by atoms with van der Waals surface area (Å²) in [5, 5.41) is 19.4. The summed E-state index contributed by atoms with van der Waals surface area (Å²) in [6, 6.07) is 2.81. The maximum atomic E-state index is 12.8. The van der Waals surface area contributed by atoms with E-state index in [1.165, 1.54) is 12.1 Å². The maximum Gasteiger partial charge on any atom is 0.141 e. The minimum absolute atomic E-state index is 0.00690. The first-order valence-corrected chi connectivity index (χ1v) is 6.84. The fourth-order valence-electron chi connectivity index (χ4n) is 2.42. The Balaban J connectivity index is 1.90. The van der Waals surface area contributed by atoms with Crippen LogP contribution in [-0.2, 0) is 4.74 Å². The molecule has 3 atom stereocenters. The maximum absolute atomic E-state index is 12.8. The fraction of sp³-hybridized carbons (Fsp3) is 0.643. The summed E-state index contributed by atoms with van der Waals surface area (Å²) in [5.41, 5.74) is 0.478.